The van der Waals surface area contributed by atoms with Crippen LogP contribution in [-0.4, -0.2) is 19.4 Å². The van der Waals surface area contributed by atoms with Gasteiger partial charge in [0.25, 0.3) is 10.0 Å². The molecule has 2 aromatic rings. The van der Waals surface area contributed by atoms with Gasteiger partial charge in [-0.1, -0.05) is 47.6 Å². The summed E-state index contributed by atoms with van der Waals surface area (Å²) in [6, 6.07) is 8.79. The molecule has 3 rings (SSSR count). The molecule has 0 atom stereocenters. The number of aromatic hydroxyl groups is 1. The number of phenols is 1. The SMILES string of the molecule is Cc1ccc2c(c1)NC(c1cc(C(C)(C)C)c(O)c(C(C)(C)C)c1)=NS2(=O)=O. The molecule has 2 aromatic carbocycles. The van der Waals surface area contributed by atoms with Gasteiger partial charge >= 0.3 is 0 Å². The maximum Gasteiger partial charge on any atom is 0.286 e. The maximum absolute atomic E-state index is 12.7. The van der Waals surface area contributed by atoms with Crippen LogP contribution < -0.4 is 5.32 Å². The number of hydrogen-bond acceptors (Lipinski definition) is 4. The fourth-order valence-corrected chi connectivity index (χ4v) is 4.44. The average molecular weight is 401 g/mol. The van der Waals surface area contributed by atoms with Gasteiger partial charge in [-0.3, -0.25) is 0 Å². The van der Waals surface area contributed by atoms with Crippen molar-refractivity contribution in [2.24, 2.45) is 4.40 Å². The van der Waals surface area contributed by atoms with Gasteiger partial charge < -0.3 is 10.4 Å². The minimum Gasteiger partial charge on any atom is -0.507 e. The Morgan fingerprint density at radius 1 is 0.929 bits per heavy atom. The summed E-state index contributed by atoms with van der Waals surface area (Å²) in [4.78, 5) is 0.174. The zero-order valence-corrected chi connectivity index (χ0v) is 18.3. The molecule has 0 bridgehead atoms. The Morgan fingerprint density at radius 2 is 1.46 bits per heavy atom. The van der Waals surface area contributed by atoms with E-state index in [1.165, 1.54) is 0 Å². The van der Waals surface area contributed by atoms with Crippen molar-refractivity contribution >= 4 is 21.5 Å². The Bertz CT molecular complexity index is 1050. The van der Waals surface area contributed by atoms with Crippen LogP contribution in [0.2, 0.25) is 0 Å². The summed E-state index contributed by atoms with van der Waals surface area (Å²) in [5.74, 6) is 0.522. The van der Waals surface area contributed by atoms with E-state index in [-0.39, 0.29) is 27.3 Å². The van der Waals surface area contributed by atoms with Gasteiger partial charge in [-0.25, -0.2) is 0 Å². The molecule has 1 aliphatic rings. The molecule has 0 aliphatic carbocycles. The topological polar surface area (TPSA) is 78.8 Å². The van der Waals surface area contributed by atoms with Gasteiger partial charge in [0.1, 0.15) is 10.6 Å². The van der Waals surface area contributed by atoms with E-state index in [1.54, 1.807) is 18.2 Å². The highest BCUT2D eigenvalue weighted by Gasteiger charge is 2.30. The highest BCUT2D eigenvalue weighted by molar-refractivity contribution is 7.90. The number of phenolic OH excluding ortho intramolecular Hbond substituents is 1. The Hall–Kier alpha value is -2.34. The molecule has 0 fully saturated rings. The number of benzene rings is 2. The highest BCUT2D eigenvalue weighted by atomic mass is 32.2. The van der Waals surface area contributed by atoms with E-state index in [9.17, 15) is 13.5 Å². The van der Waals surface area contributed by atoms with E-state index in [2.05, 4.69) is 9.71 Å². The Balaban J connectivity index is 2.26. The molecule has 0 spiro atoms. The third-order valence-electron chi connectivity index (χ3n) is 4.88. The van der Waals surface area contributed by atoms with Crippen LogP contribution in [0.1, 0.15) is 63.8 Å². The number of sulfonamides is 1. The minimum absolute atomic E-state index is 0.174. The van der Waals surface area contributed by atoms with E-state index in [4.69, 9.17) is 0 Å². The Labute approximate surface area is 167 Å². The van der Waals surface area contributed by atoms with Crippen LogP contribution in [0.3, 0.4) is 0 Å². The predicted molar refractivity (Wildman–Crippen MR) is 114 cm³/mol. The lowest BCUT2D eigenvalue weighted by Crippen LogP contribution is -2.25. The summed E-state index contributed by atoms with van der Waals surface area (Å²) in [5.41, 5.74) is 3.00. The van der Waals surface area contributed by atoms with Crippen LogP contribution in [0.25, 0.3) is 0 Å². The number of hydrogen-bond donors (Lipinski definition) is 2. The van der Waals surface area contributed by atoms with Gasteiger partial charge in [0.05, 0.1) is 5.69 Å². The quantitative estimate of drug-likeness (QED) is 0.717. The van der Waals surface area contributed by atoms with Crippen LogP contribution in [0, 0.1) is 6.92 Å². The molecule has 0 unspecified atom stereocenters. The highest BCUT2D eigenvalue weighted by Crippen LogP contribution is 2.40. The van der Waals surface area contributed by atoms with E-state index >= 15 is 0 Å². The first-order valence-corrected chi connectivity index (χ1v) is 10.8. The van der Waals surface area contributed by atoms with Gasteiger partial charge in [0.15, 0.2) is 5.84 Å². The number of nitrogens with zero attached hydrogens (tertiary/aromatic N) is 1. The lowest BCUT2D eigenvalue weighted by atomic mass is 9.78. The van der Waals surface area contributed by atoms with Crippen molar-refractivity contribution in [2.75, 3.05) is 5.32 Å². The second-order valence-electron chi connectivity index (χ2n) is 9.46. The smallest absolute Gasteiger partial charge is 0.286 e. The van der Waals surface area contributed by atoms with Gasteiger partial charge in [-0.05, 0) is 47.6 Å². The Morgan fingerprint density at radius 3 is 1.96 bits per heavy atom. The first kappa shape index (κ1) is 20.4. The minimum atomic E-state index is -3.80. The molecule has 150 valence electrons. The molecular weight excluding hydrogens is 372 g/mol. The lowest BCUT2D eigenvalue weighted by molar-refractivity contribution is 0.423. The predicted octanol–water partition coefficient (Wildman–Crippen LogP) is 4.86. The molecule has 5 nitrogen and oxygen atoms in total. The molecule has 6 heteroatoms. The number of fused-ring (bicyclic) bond motifs is 1. The van der Waals surface area contributed by atoms with Gasteiger partial charge in [-0.2, -0.15) is 8.42 Å². The van der Waals surface area contributed by atoms with E-state index in [0.717, 1.165) is 16.7 Å². The van der Waals surface area contributed by atoms with Crippen molar-refractivity contribution in [1.29, 1.82) is 0 Å². The van der Waals surface area contributed by atoms with Crippen molar-refractivity contribution in [3.05, 3.63) is 52.6 Å². The van der Waals surface area contributed by atoms with E-state index in [0.29, 0.717) is 11.3 Å². The molecule has 0 saturated carbocycles. The zero-order valence-electron chi connectivity index (χ0n) is 17.5. The number of rotatable bonds is 1. The van der Waals surface area contributed by atoms with Crippen LogP contribution in [0.4, 0.5) is 5.69 Å². The van der Waals surface area contributed by atoms with Crippen LogP contribution in [0.15, 0.2) is 39.6 Å². The molecule has 0 saturated heterocycles. The molecule has 0 amide bonds. The lowest BCUT2D eigenvalue weighted by Gasteiger charge is -2.29. The molecule has 1 heterocycles. The third-order valence-corrected chi connectivity index (χ3v) is 6.21. The monoisotopic (exact) mass is 400 g/mol. The Kier molecular flexibility index (Phi) is 4.62. The number of aryl methyl sites for hydroxylation is 1. The molecular formula is C22H28N2O3S. The van der Waals surface area contributed by atoms with Crippen molar-refractivity contribution in [3.63, 3.8) is 0 Å². The standard InChI is InChI=1S/C22H28N2O3S/c1-13-8-9-18-17(10-13)23-20(24-28(18,26)27)14-11-15(21(2,3)4)19(25)16(12-14)22(5,6)7/h8-12,25H,1-7H3,(H,23,24). The second kappa shape index (κ2) is 6.34. The summed E-state index contributed by atoms with van der Waals surface area (Å²) < 4.78 is 29.5. The van der Waals surface area contributed by atoms with Crippen molar-refractivity contribution in [1.82, 2.24) is 0 Å². The van der Waals surface area contributed by atoms with Crippen molar-refractivity contribution < 1.29 is 13.5 Å². The zero-order chi connectivity index (χ0) is 21.1. The van der Waals surface area contributed by atoms with Crippen molar-refractivity contribution in [2.45, 2.75) is 64.2 Å². The largest absolute Gasteiger partial charge is 0.507 e. The number of anilines is 1. The first-order chi connectivity index (χ1) is 12.7. The van der Waals surface area contributed by atoms with Gasteiger partial charge in [0, 0.05) is 16.7 Å². The van der Waals surface area contributed by atoms with Crippen LogP contribution in [0.5, 0.6) is 5.75 Å². The summed E-state index contributed by atoms with van der Waals surface area (Å²) in [6.45, 7) is 14.0. The van der Waals surface area contributed by atoms with Gasteiger partial charge in [-0.15, -0.1) is 4.40 Å². The van der Waals surface area contributed by atoms with Crippen LogP contribution in [-0.2, 0) is 20.9 Å². The average Bonchev–Trinajstić information content (AvgIpc) is 2.51. The number of amidine groups is 1. The summed E-state index contributed by atoms with van der Waals surface area (Å²) in [6.07, 6.45) is 0. The molecule has 2 N–H and O–H groups in total. The molecule has 0 aromatic heterocycles. The fraction of sp³-hybridized carbons (Fsp3) is 0.409. The number of nitrogens with one attached hydrogen (secondary N) is 1. The van der Waals surface area contributed by atoms with E-state index in [1.807, 2.05) is 60.6 Å². The third kappa shape index (κ3) is 3.65. The second-order valence-corrected chi connectivity index (χ2v) is 11.0. The summed E-state index contributed by atoms with van der Waals surface area (Å²) in [7, 11) is -3.80. The molecule has 28 heavy (non-hydrogen) atoms. The summed E-state index contributed by atoms with van der Waals surface area (Å²) in [5, 5.41) is 14.1. The van der Waals surface area contributed by atoms with Crippen LogP contribution >= 0.6 is 0 Å². The fourth-order valence-electron chi connectivity index (χ4n) is 3.33. The van der Waals surface area contributed by atoms with Gasteiger partial charge in [0.2, 0.25) is 0 Å². The maximum atomic E-state index is 12.7. The van der Waals surface area contributed by atoms with Crippen molar-refractivity contribution in [3.8, 4) is 5.75 Å². The first-order valence-electron chi connectivity index (χ1n) is 9.31. The molecule has 1 aliphatic heterocycles. The normalized spacial score (nSPS) is 16.2. The van der Waals surface area contributed by atoms with E-state index < -0.39 is 10.0 Å². The molecule has 0 radical (unpaired) electrons. The summed E-state index contributed by atoms with van der Waals surface area (Å²) >= 11 is 0.